The maximum atomic E-state index is 12.7. The van der Waals surface area contributed by atoms with Crippen LogP contribution in [0, 0.1) is 6.92 Å². The molecule has 9 nitrogen and oxygen atoms in total. The Labute approximate surface area is 188 Å². The lowest BCUT2D eigenvalue weighted by Crippen LogP contribution is -2.37. The van der Waals surface area contributed by atoms with E-state index >= 15 is 0 Å². The zero-order valence-corrected chi connectivity index (χ0v) is 19.5. The Morgan fingerprint density at radius 1 is 1.03 bits per heavy atom. The molecule has 2 aromatic rings. The van der Waals surface area contributed by atoms with E-state index in [1.165, 1.54) is 29.2 Å². The predicted octanol–water partition coefficient (Wildman–Crippen LogP) is 2.28. The Balaban J connectivity index is 2.24. The van der Waals surface area contributed by atoms with Crippen LogP contribution in [0.25, 0.3) is 0 Å². The van der Waals surface area contributed by atoms with Gasteiger partial charge in [0.1, 0.15) is 6.54 Å². The molecular weight excluding hydrogens is 434 g/mol. The van der Waals surface area contributed by atoms with Gasteiger partial charge in [-0.3, -0.25) is 13.9 Å². The van der Waals surface area contributed by atoms with Crippen molar-refractivity contribution in [2.75, 3.05) is 43.1 Å². The summed E-state index contributed by atoms with van der Waals surface area (Å²) in [4.78, 5) is 38.2. The molecule has 0 saturated heterocycles. The molecule has 0 unspecified atom stereocenters. The van der Waals surface area contributed by atoms with Gasteiger partial charge < -0.3 is 15.0 Å². The van der Waals surface area contributed by atoms with Crippen LogP contribution in [0.2, 0.25) is 0 Å². The standard InChI is InChI=1S/C22H27N3O6S/c1-6-31-22(28)18-8-7-9-19(15(18)2)23-20(26)14-25(32(5,29)30)17-12-10-16(11-13-17)21(27)24(3)4/h7-13H,6,14H2,1-5H3,(H,23,26). The van der Waals surface area contributed by atoms with Gasteiger partial charge in [0.15, 0.2) is 0 Å². The van der Waals surface area contributed by atoms with Crippen molar-refractivity contribution in [1.82, 2.24) is 4.90 Å². The number of esters is 1. The highest BCUT2D eigenvalue weighted by Gasteiger charge is 2.22. The molecule has 2 amide bonds. The zero-order valence-electron chi connectivity index (χ0n) is 18.7. The third-order valence-electron chi connectivity index (χ3n) is 4.60. The number of rotatable bonds is 8. The number of hydrogen-bond donors (Lipinski definition) is 1. The zero-order chi connectivity index (χ0) is 24.1. The molecule has 0 aliphatic carbocycles. The number of ether oxygens (including phenoxy) is 1. The number of nitrogens with one attached hydrogen (secondary N) is 1. The normalized spacial score (nSPS) is 10.9. The molecular formula is C22H27N3O6S. The lowest BCUT2D eigenvalue weighted by Gasteiger charge is -2.22. The van der Waals surface area contributed by atoms with Gasteiger partial charge in [-0.25, -0.2) is 13.2 Å². The van der Waals surface area contributed by atoms with Crippen LogP contribution < -0.4 is 9.62 Å². The van der Waals surface area contributed by atoms with E-state index in [1.807, 2.05) is 0 Å². The minimum absolute atomic E-state index is 0.219. The van der Waals surface area contributed by atoms with Crippen LogP contribution in [0.3, 0.4) is 0 Å². The van der Waals surface area contributed by atoms with Crippen LogP contribution in [0.4, 0.5) is 11.4 Å². The highest BCUT2D eigenvalue weighted by Crippen LogP contribution is 2.22. The van der Waals surface area contributed by atoms with Crippen LogP contribution in [0.5, 0.6) is 0 Å². The third-order valence-corrected chi connectivity index (χ3v) is 5.74. The van der Waals surface area contributed by atoms with Crippen molar-refractivity contribution in [1.29, 1.82) is 0 Å². The van der Waals surface area contributed by atoms with Crippen LogP contribution in [-0.2, 0) is 19.6 Å². The molecule has 0 aliphatic heterocycles. The van der Waals surface area contributed by atoms with E-state index < -0.39 is 28.4 Å². The van der Waals surface area contributed by atoms with Crippen molar-refractivity contribution in [3.8, 4) is 0 Å². The van der Waals surface area contributed by atoms with Gasteiger partial charge in [-0.1, -0.05) is 6.07 Å². The van der Waals surface area contributed by atoms with Gasteiger partial charge >= 0.3 is 5.97 Å². The third kappa shape index (κ3) is 6.07. The van der Waals surface area contributed by atoms with Gasteiger partial charge in [0.05, 0.1) is 24.1 Å². The monoisotopic (exact) mass is 461 g/mol. The first kappa shape index (κ1) is 24.9. The van der Waals surface area contributed by atoms with Crippen LogP contribution in [0.15, 0.2) is 42.5 Å². The number of sulfonamides is 1. The number of carbonyl (C=O) groups is 3. The molecule has 32 heavy (non-hydrogen) atoms. The number of carbonyl (C=O) groups excluding carboxylic acids is 3. The van der Waals surface area contributed by atoms with E-state index in [2.05, 4.69) is 5.32 Å². The molecule has 0 heterocycles. The van der Waals surface area contributed by atoms with Crippen molar-refractivity contribution in [2.45, 2.75) is 13.8 Å². The fourth-order valence-corrected chi connectivity index (χ4v) is 3.81. The van der Waals surface area contributed by atoms with Crippen molar-refractivity contribution in [2.24, 2.45) is 0 Å². The van der Waals surface area contributed by atoms with Crippen molar-refractivity contribution < 1.29 is 27.5 Å². The predicted molar refractivity (Wildman–Crippen MR) is 122 cm³/mol. The second-order valence-corrected chi connectivity index (χ2v) is 9.17. The SMILES string of the molecule is CCOC(=O)c1cccc(NC(=O)CN(c2ccc(C(=O)N(C)C)cc2)S(C)(=O)=O)c1C. The molecule has 0 spiro atoms. The van der Waals surface area contributed by atoms with Gasteiger partial charge in [0, 0.05) is 25.3 Å². The topological polar surface area (TPSA) is 113 Å². The molecule has 0 atom stereocenters. The first-order valence-electron chi connectivity index (χ1n) is 9.81. The quantitative estimate of drug-likeness (QED) is 0.604. The Hall–Kier alpha value is -3.40. The van der Waals surface area contributed by atoms with Gasteiger partial charge in [0.25, 0.3) is 5.91 Å². The molecule has 0 fully saturated rings. The molecule has 0 radical (unpaired) electrons. The minimum Gasteiger partial charge on any atom is -0.462 e. The summed E-state index contributed by atoms with van der Waals surface area (Å²) < 4.78 is 30.6. The van der Waals surface area contributed by atoms with Crippen LogP contribution in [-0.4, -0.2) is 64.6 Å². The van der Waals surface area contributed by atoms with E-state index in [1.54, 1.807) is 46.1 Å². The summed E-state index contributed by atoms with van der Waals surface area (Å²) in [7, 11) is -0.564. The van der Waals surface area contributed by atoms with E-state index in [4.69, 9.17) is 4.74 Å². The number of benzene rings is 2. The minimum atomic E-state index is -3.79. The van der Waals surface area contributed by atoms with Gasteiger partial charge in [-0.2, -0.15) is 0 Å². The average molecular weight is 462 g/mol. The molecule has 0 aliphatic rings. The van der Waals surface area contributed by atoms with E-state index in [-0.39, 0.29) is 18.2 Å². The molecule has 10 heteroatoms. The lowest BCUT2D eigenvalue weighted by molar-refractivity contribution is -0.114. The molecule has 0 saturated carbocycles. The Morgan fingerprint density at radius 3 is 2.19 bits per heavy atom. The second kappa shape index (κ2) is 10.3. The highest BCUT2D eigenvalue weighted by molar-refractivity contribution is 7.92. The number of amides is 2. The van der Waals surface area contributed by atoms with E-state index in [0.717, 1.165) is 10.6 Å². The number of hydrogen-bond acceptors (Lipinski definition) is 6. The number of anilines is 2. The van der Waals surface area contributed by atoms with Gasteiger partial charge in [-0.05, 0) is 55.8 Å². The fraction of sp³-hybridized carbons (Fsp3) is 0.318. The van der Waals surface area contributed by atoms with Gasteiger partial charge in [-0.15, -0.1) is 0 Å². The highest BCUT2D eigenvalue weighted by atomic mass is 32.2. The second-order valence-electron chi connectivity index (χ2n) is 7.26. The molecule has 0 aromatic heterocycles. The lowest BCUT2D eigenvalue weighted by atomic mass is 10.1. The molecule has 172 valence electrons. The average Bonchev–Trinajstić information content (AvgIpc) is 2.72. The summed E-state index contributed by atoms with van der Waals surface area (Å²) in [5.74, 6) is -1.32. The number of nitrogens with zero attached hydrogens (tertiary/aromatic N) is 2. The Morgan fingerprint density at radius 2 is 1.66 bits per heavy atom. The molecule has 1 N–H and O–H groups in total. The molecule has 2 aromatic carbocycles. The van der Waals surface area contributed by atoms with Crippen molar-refractivity contribution in [3.05, 3.63) is 59.2 Å². The summed E-state index contributed by atoms with van der Waals surface area (Å²) in [6, 6.07) is 10.7. The van der Waals surface area contributed by atoms with Crippen molar-refractivity contribution in [3.63, 3.8) is 0 Å². The van der Waals surface area contributed by atoms with E-state index in [0.29, 0.717) is 22.4 Å². The largest absolute Gasteiger partial charge is 0.462 e. The first-order chi connectivity index (χ1) is 15.0. The first-order valence-corrected chi connectivity index (χ1v) is 11.7. The summed E-state index contributed by atoms with van der Waals surface area (Å²) in [6.45, 7) is 3.10. The fourth-order valence-electron chi connectivity index (χ4n) is 2.95. The summed E-state index contributed by atoms with van der Waals surface area (Å²) in [5, 5.41) is 2.65. The van der Waals surface area contributed by atoms with E-state index in [9.17, 15) is 22.8 Å². The maximum Gasteiger partial charge on any atom is 0.338 e. The smallest absolute Gasteiger partial charge is 0.338 e. The Bertz CT molecular complexity index is 1110. The Kier molecular flexibility index (Phi) is 7.98. The summed E-state index contributed by atoms with van der Waals surface area (Å²) in [6.07, 6.45) is 0.992. The maximum absolute atomic E-state index is 12.7. The van der Waals surface area contributed by atoms with Gasteiger partial charge in [0.2, 0.25) is 15.9 Å². The molecule has 0 bridgehead atoms. The molecule has 2 rings (SSSR count). The van der Waals surface area contributed by atoms with Crippen LogP contribution >= 0.6 is 0 Å². The van der Waals surface area contributed by atoms with Crippen molar-refractivity contribution >= 4 is 39.2 Å². The van der Waals surface area contributed by atoms with Crippen LogP contribution in [0.1, 0.15) is 33.2 Å². The summed E-state index contributed by atoms with van der Waals surface area (Å²) >= 11 is 0. The summed E-state index contributed by atoms with van der Waals surface area (Å²) in [5.41, 5.74) is 1.83.